The molecule has 2 amide bonds. The number of rotatable bonds is 3. The van der Waals surface area contributed by atoms with Gasteiger partial charge >= 0.3 is 0 Å². The van der Waals surface area contributed by atoms with E-state index in [0.29, 0.717) is 22.9 Å². The molecule has 1 unspecified atom stereocenters. The highest BCUT2D eigenvalue weighted by Crippen LogP contribution is 2.29. The number of nitrogen functional groups attached to an aromatic ring is 1. The molecule has 112 valence electrons. The van der Waals surface area contributed by atoms with Gasteiger partial charge in [-0.15, -0.1) is 0 Å². The monoisotopic (exact) mass is 296 g/mol. The smallest absolute Gasteiger partial charge is 0.237 e. The van der Waals surface area contributed by atoms with E-state index in [1.165, 1.54) is 4.90 Å². The van der Waals surface area contributed by atoms with Gasteiger partial charge < -0.3 is 10.5 Å². The summed E-state index contributed by atoms with van der Waals surface area (Å²) in [5.74, 6) is 0.727. The number of hydrogen-bond acceptors (Lipinski definition) is 4. The molecule has 2 aromatic carbocycles. The third-order valence-electron chi connectivity index (χ3n) is 3.58. The minimum absolute atomic E-state index is 0.155. The van der Waals surface area contributed by atoms with E-state index < -0.39 is 0 Å². The Hall–Kier alpha value is -2.82. The maximum atomic E-state index is 12.0. The lowest BCUT2D eigenvalue weighted by molar-refractivity contribution is -0.122. The summed E-state index contributed by atoms with van der Waals surface area (Å²) >= 11 is 0. The molecule has 0 bridgehead atoms. The molecule has 5 nitrogen and oxygen atoms in total. The Morgan fingerprint density at radius 2 is 1.55 bits per heavy atom. The summed E-state index contributed by atoms with van der Waals surface area (Å²) in [5, 5.41) is 0. The highest BCUT2D eigenvalue weighted by molar-refractivity contribution is 6.20. The predicted molar refractivity (Wildman–Crippen MR) is 83.6 cm³/mol. The molecule has 22 heavy (non-hydrogen) atoms. The molecule has 1 fully saturated rings. The molecule has 1 saturated heterocycles. The van der Waals surface area contributed by atoms with Crippen molar-refractivity contribution >= 4 is 23.2 Å². The normalized spacial score (nSPS) is 17.9. The minimum Gasteiger partial charge on any atom is -0.457 e. The fourth-order valence-electron chi connectivity index (χ4n) is 2.39. The number of benzene rings is 2. The first-order valence-electron chi connectivity index (χ1n) is 7.05. The fourth-order valence-corrected chi connectivity index (χ4v) is 2.39. The summed E-state index contributed by atoms with van der Waals surface area (Å²) in [4.78, 5) is 25.1. The van der Waals surface area contributed by atoms with Crippen molar-refractivity contribution in [2.24, 2.45) is 5.92 Å². The summed E-state index contributed by atoms with van der Waals surface area (Å²) in [6.07, 6.45) is 0.266. The van der Waals surface area contributed by atoms with Crippen molar-refractivity contribution in [1.29, 1.82) is 0 Å². The molecule has 1 heterocycles. The number of ether oxygens (including phenoxy) is 1. The van der Waals surface area contributed by atoms with Crippen LogP contribution in [-0.2, 0) is 9.59 Å². The third-order valence-corrected chi connectivity index (χ3v) is 3.58. The molecule has 0 aromatic heterocycles. The van der Waals surface area contributed by atoms with Crippen LogP contribution < -0.4 is 15.4 Å². The van der Waals surface area contributed by atoms with Crippen molar-refractivity contribution in [2.75, 3.05) is 10.6 Å². The van der Waals surface area contributed by atoms with Crippen molar-refractivity contribution in [3.63, 3.8) is 0 Å². The first-order chi connectivity index (χ1) is 10.5. The van der Waals surface area contributed by atoms with Gasteiger partial charge in [0.25, 0.3) is 0 Å². The van der Waals surface area contributed by atoms with E-state index >= 15 is 0 Å². The van der Waals surface area contributed by atoms with Gasteiger partial charge in [-0.05, 0) is 48.5 Å². The average Bonchev–Trinajstić information content (AvgIpc) is 2.76. The molecule has 0 aliphatic carbocycles. The number of carbonyl (C=O) groups is 2. The number of imide groups is 1. The van der Waals surface area contributed by atoms with Crippen LogP contribution in [-0.4, -0.2) is 11.8 Å². The highest BCUT2D eigenvalue weighted by Gasteiger charge is 2.36. The molecule has 0 radical (unpaired) electrons. The lowest BCUT2D eigenvalue weighted by atomic mass is 10.1. The first kappa shape index (κ1) is 14.1. The number of nitrogens with zero attached hydrogens (tertiary/aromatic N) is 1. The zero-order chi connectivity index (χ0) is 15.7. The minimum atomic E-state index is -0.252. The molecular weight excluding hydrogens is 280 g/mol. The second kappa shape index (κ2) is 5.52. The van der Waals surface area contributed by atoms with Crippen LogP contribution in [0.25, 0.3) is 0 Å². The van der Waals surface area contributed by atoms with Crippen molar-refractivity contribution in [3.8, 4) is 11.5 Å². The Bertz CT molecular complexity index is 708. The molecule has 2 N–H and O–H groups in total. The van der Waals surface area contributed by atoms with Gasteiger partial charge in [-0.3, -0.25) is 14.5 Å². The lowest BCUT2D eigenvalue weighted by Crippen LogP contribution is -2.29. The van der Waals surface area contributed by atoms with E-state index in [0.717, 1.165) is 0 Å². The van der Waals surface area contributed by atoms with Gasteiger partial charge in [0.2, 0.25) is 11.8 Å². The van der Waals surface area contributed by atoms with Crippen LogP contribution in [0.15, 0.2) is 48.5 Å². The van der Waals surface area contributed by atoms with E-state index in [1.807, 2.05) is 0 Å². The molecular formula is C17H16N2O3. The van der Waals surface area contributed by atoms with Crippen molar-refractivity contribution < 1.29 is 14.3 Å². The zero-order valence-corrected chi connectivity index (χ0v) is 12.2. The summed E-state index contributed by atoms with van der Waals surface area (Å²) in [6.45, 7) is 1.76. The lowest BCUT2D eigenvalue weighted by Gasteiger charge is -2.15. The zero-order valence-electron chi connectivity index (χ0n) is 12.2. The van der Waals surface area contributed by atoms with E-state index in [9.17, 15) is 9.59 Å². The van der Waals surface area contributed by atoms with Gasteiger partial charge in [-0.2, -0.15) is 0 Å². The first-order valence-corrected chi connectivity index (χ1v) is 7.05. The quantitative estimate of drug-likeness (QED) is 0.698. The van der Waals surface area contributed by atoms with Crippen LogP contribution in [0.5, 0.6) is 11.5 Å². The van der Waals surface area contributed by atoms with Crippen LogP contribution in [0.2, 0.25) is 0 Å². The molecule has 1 aliphatic heterocycles. The topological polar surface area (TPSA) is 72.6 Å². The molecule has 1 aliphatic rings. The summed E-state index contributed by atoms with van der Waals surface area (Å²) < 4.78 is 5.68. The standard InChI is InChI=1S/C17H16N2O3/c1-11-10-16(20)19(17(11)21)13-4-8-15(9-5-13)22-14-6-2-12(18)3-7-14/h2-9,11H,10,18H2,1H3. The molecule has 2 aromatic rings. The Morgan fingerprint density at radius 1 is 1.00 bits per heavy atom. The Morgan fingerprint density at radius 3 is 2.05 bits per heavy atom. The van der Waals surface area contributed by atoms with Gasteiger partial charge in [-0.1, -0.05) is 6.92 Å². The third kappa shape index (κ3) is 2.65. The summed E-state index contributed by atoms with van der Waals surface area (Å²) in [6, 6.07) is 13.9. The molecule has 0 spiro atoms. The number of amides is 2. The van der Waals surface area contributed by atoms with Gasteiger partial charge in [0.15, 0.2) is 0 Å². The average molecular weight is 296 g/mol. The van der Waals surface area contributed by atoms with E-state index in [2.05, 4.69) is 0 Å². The van der Waals surface area contributed by atoms with Crippen molar-refractivity contribution in [1.82, 2.24) is 0 Å². The Labute approximate surface area is 128 Å². The predicted octanol–water partition coefficient (Wildman–Crippen LogP) is 2.96. The molecule has 5 heteroatoms. The van der Waals surface area contributed by atoms with Crippen molar-refractivity contribution in [2.45, 2.75) is 13.3 Å². The number of anilines is 2. The number of hydrogen-bond donors (Lipinski definition) is 1. The Balaban J connectivity index is 1.77. The van der Waals surface area contributed by atoms with E-state index in [-0.39, 0.29) is 24.2 Å². The summed E-state index contributed by atoms with van der Waals surface area (Å²) in [7, 11) is 0. The highest BCUT2D eigenvalue weighted by atomic mass is 16.5. The van der Waals surface area contributed by atoms with Gasteiger partial charge in [-0.25, -0.2) is 0 Å². The second-order valence-corrected chi connectivity index (χ2v) is 5.34. The molecule has 0 saturated carbocycles. The number of carbonyl (C=O) groups excluding carboxylic acids is 2. The van der Waals surface area contributed by atoms with E-state index in [4.69, 9.17) is 10.5 Å². The van der Waals surface area contributed by atoms with Crippen LogP contribution >= 0.6 is 0 Å². The SMILES string of the molecule is CC1CC(=O)N(c2ccc(Oc3ccc(N)cc3)cc2)C1=O. The van der Waals surface area contributed by atoms with Crippen LogP contribution in [0, 0.1) is 5.92 Å². The number of nitrogens with two attached hydrogens (primary N) is 1. The largest absolute Gasteiger partial charge is 0.457 e. The maximum Gasteiger partial charge on any atom is 0.237 e. The van der Waals surface area contributed by atoms with Gasteiger partial charge in [0.05, 0.1) is 5.69 Å². The van der Waals surface area contributed by atoms with Crippen LogP contribution in [0.1, 0.15) is 13.3 Å². The molecule has 3 rings (SSSR count). The van der Waals surface area contributed by atoms with Crippen LogP contribution in [0.3, 0.4) is 0 Å². The fraction of sp³-hybridized carbons (Fsp3) is 0.176. The summed E-state index contributed by atoms with van der Waals surface area (Å²) in [5.41, 5.74) is 6.86. The Kier molecular flexibility index (Phi) is 3.55. The maximum absolute atomic E-state index is 12.0. The van der Waals surface area contributed by atoms with E-state index in [1.54, 1.807) is 55.5 Å². The molecule has 1 atom stereocenters. The van der Waals surface area contributed by atoms with Crippen LogP contribution in [0.4, 0.5) is 11.4 Å². The second-order valence-electron chi connectivity index (χ2n) is 5.34. The van der Waals surface area contributed by atoms with Gasteiger partial charge in [0.1, 0.15) is 11.5 Å². The van der Waals surface area contributed by atoms with Crippen molar-refractivity contribution in [3.05, 3.63) is 48.5 Å². The van der Waals surface area contributed by atoms with Gasteiger partial charge in [0, 0.05) is 18.0 Å².